The van der Waals surface area contributed by atoms with Crippen LogP contribution in [0.15, 0.2) is 23.1 Å². The molecule has 60 valence electrons. The number of nitrogens with zero attached hydrogens (tertiary/aromatic N) is 1. The number of nitrogens with two attached hydrogens (primary N) is 1. The van der Waals surface area contributed by atoms with Gasteiger partial charge in [0.15, 0.2) is 0 Å². The minimum atomic E-state index is -0.533. The van der Waals surface area contributed by atoms with Crippen molar-refractivity contribution in [3.8, 4) is 0 Å². The third kappa shape index (κ3) is 2.67. The minimum absolute atomic E-state index is 0. The summed E-state index contributed by atoms with van der Waals surface area (Å²) in [6, 6.07) is 4.38. The second-order valence-electron chi connectivity index (χ2n) is 2.00. The Labute approximate surface area is 97.0 Å². The normalized spacial score (nSPS) is 8.75. The van der Waals surface area contributed by atoms with Crippen LogP contribution in [0, 0.1) is 10.1 Å². The Kier molecular flexibility index (Phi) is 4.62. The molecule has 0 spiro atoms. The number of hydrogen-bond acceptors (Lipinski definition) is 4. The van der Waals surface area contributed by atoms with Crippen LogP contribution < -0.4 is 5.73 Å². The number of nitrogen functional groups attached to an aromatic ring is 1. The van der Waals surface area contributed by atoms with E-state index in [0.29, 0.717) is 4.90 Å². The van der Waals surface area contributed by atoms with Crippen molar-refractivity contribution >= 4 is 53.6 Å². The van der Waals surface area contributed by atoms with E-state index >= 15 is 0 Å². The van der Waals surface area contributed by atoms with E-state index in [0.717, 1.165) is 0 Å². The van der Waals surface area contributed by atoms with Gasteiger partial charge in [-0.2, -0.15) is 0 Å². The zero-order valence-electron chi connectivity index (χ0n) is 5.52. The van der Waals surface area contributed by atoms with Crippen LogP contribution in [-0.4, -0.2) is 34.5 Å². The van der Waals surface area contributed by atoms with Crippen LogP contribution in [0.1, 0.15) is 0 Å². The summed E-state index contributed by atoms with van der Waals surface area (Å²) >= 11 is 3.94. The number of rotatable bonds is 1. The number of anilines is 1. The summed E-state index contributed by atoms with van der Waals surface area (Å²) < 4.78 is 0. The topological polar surface area (TPSA) is 69.2 Å². The van der Waals surface area contributed by atoms with Crippen molar-refractivity contribution in [2.45, 2.75) is 4.90 Å². The molecule has 0 atom stereocenters. The Morgan fingerprint density at radius 2 is 2.08 bits per heavy atom. The van der Waals surface area contributed by atoms with Crippen molar-refractivity contribution in [2.24, 2.45) is 0 Å². The van der Waals surface area contributed by atoms with E-state index < -0.39 is 4.92 Å². The molecule has 0 bridgehead atoms. The predicted molar refractivity (Wildman–Crippen MR) is 51.9 cm³/mol. The molecule has 0 aliphatic heterocycles. The summed E-state index contributed by atoms with van der Waals surface area (Å²) in [5, 5.41) is 10.3. The standard InChI is InChI=1S/C6H6N2O2S.Na.H/c7-5-2-1-4(11)3-6(5)8(9)10;;/h1-3,11H,7H2;;. The van der Waals surface area contributed by atoms with Gasteiger partial charge < -0.3 is 5.73 Å². The molecule has 0 aliphatic rings. The predicted octanol–water partition coefficient (Wildman–Crippen LogP) is 0.817. The van der Waals surface area contributed by atoms with Crippen LogP contribution in [0.5, 0.6) is 0 Å². The van der Waals surface area contributed by atoms with Crippen molar-refractivity contribution in [2.75, 3.05) is 5.73 Å². The van der Waals surface area contributed by atoms with Crippen molar-refractivity contribution in [3.63, 3.8) is 0 Å². The number of thiol groups is 1. The first-order valence-corrected chi connectivity index (χ1v) is 3.29. The molecule has 2 N–H and O–H groups in total. The fourth-order valence-corrected chi connectivity index (χ4v) is 0.887. The Bertz CT molecular complexity index is 306. The maximum absolute atomic E-state index is 10.3. The average Bonchev–Trinajstić information content (AvgIpc) is 1.94. The van der Waals surface area contributed by atoms with Crippen LogP contribution in [0.25, 0.3) is 0 Å². The second-order valence-corrected chi connectivity index (χ2v) is 2.52. The van der Waals surface area contributed by atoms with Gasteiger partial charge >= 0.3 is 29.6 Å². The van der Waals surface area contributed by atoms with Gasteiger partial charge in [0.25, 0.3) is 5.69 Å². The molecule has 0 heterocycles. The number of nitro benzene ring substituents is 1. The summed E-state index contributed by atoms with van der Waals surface area (Å²) in [4.78, 5) is 10.3. The molecular weight excluding hydrogens is 187 g/mol. The van der Waals surface area contributed by atoms with Crippen LogP contribution in [-0.2, 0) is 0 Å². The van der Waals surface area contributed by atoms with Gasteiger partial charge in [-0.15, -0.1) is 12.6 Å². The second kappa shape index (κ2) is 4.71. The van der Waals surface area contributed by atoms with Crippen molar-refractivity contribution in [1.29, 1.82) is 0 Å². The first kappa shape index (κ1) is 11.8. The summed E-state index contributed by atoms with van der Waals surface area (Å²) in [6.45, 7) is 0. The molecule has 0 saturated heterocycles. The number of hydrogen-bond donors (Lipinski definition) is 2. The van der Waals surface area contributed by atoms with Crippen molar-refractivity contribution in [1.82, 2.24) is 0 Å². The van der Waals surface area contributed by atoms with Crippen molar-refractivity contribution < 1.29 is 4.92 Å². The Hall–Kier alpha value is -0.230. The van der Waals surface area contributed by atoms with E-state index in [1.54, 1.807) is 6.07 Å². The quantitative estimate of drug-likeness (QED) is 0.228. The molecule has 6 heteroatoms. The summed E-state index contributed by atoms with van der Waals surface area (Å²) in [5.74, 6) is 0. The van der Waals surface area contributed by atoms with Gasteiger partial charge in [-0.1, -0.05) is 0 Å². The zero-order valence-corrected chi connectivity index (χ0v) is 6.41. The van der Waals surface area contributed by atoms with Gasteiger partial charge in [0.1, 0.15) is 5.69 Å². The molecule has 0 aliphatic carbocycles. The molecule has 0 fully saturated rings. The molecule has 1 aromatic carbocycles. The Balaban J connectivity index is 0.00000121. The van der Waals surface area contributed by atoms with E-state index in [1.807, 2.05) is 0 Å². The third-order valence-electron chi connectivity index (χ3n) is 1.21. The van der Waals surface area contributed by atoms with Gasteiger partial charge in [-0.25, -0.2) is 0 Å². The number of benzene rings is 1. The summed E-state index contributed by atoms with van der Waals surface area (Å²) in [5.41, 5.74) is 5.38. The summed E-state index contributed by atoms with van der Waals surface area (Å²) in [7, 11) is 0. The van der Waals surface area contributed by atoms with E-state index in [9.17, 15) is 10.1 Å². The van der Waals surface area contributed by atoms with Crippen LogP contribution in [0.4, 0.5) is 11.4 Å². The molecule has 1 aromatic rings. The van der Waals surface area contributed by atoms with Crippen LogP contribution in [0.3, 0.4) is 0 Å². The van der Waals surface area contributed by atoms with Gasteiger partial charge in [0.05, 0.1) is 4.92 Å². The molecular formula is C6H7N2NaO2S. The van der Waals surface area contributed by atoms with Gasteiger partial charge in [-0.3, -0.25) is 10.1 Å². The van der Waals surface area contributed by atoms with E-state index in [2.05, 4.69) is 12.6 Å². The van der Waals surface area contributed by atoms with Crippen LogP contribution >= 0.6 is 12.6 Å². The van der Waals surface area contributed by atoms with Gasteiger partial charge in [0, 0.05) is 11.0 Å². The molecule has 0 amide bonds. The number of nitro groups is 1. The molecule has 0 aromatic heterocycles. The molecule has 0 radical (unpaired) electrons. The molecule has 0 saturated carbocycles. The first-order valence-electron chi connectivity index (χ1n) is 2.84. The molecule has 4 nitrogen and oxygen atoms in total. The molecule has 12 heavy (non-hydrogen) atoms. The summed E-state index contributed by atoms with van der Waals surface area (Å²) in [6.07, 6.45) is 0. The fourth-order valence-electron chi connectivity index (χ4n) is 0.690. The Morgan fingerprint density at radius 3 is 2.50 bits per heavy atom. The average molecular weight is 194 g/mol. The van der Waals surface area contributed by atoms with E-state index in [-0.39, 0.29) is 40.9 Å². The Morgan fingerprint density at radius 1 is 1.50 bits per heavy atom. The van der Waals surface area contributed by atoms with Gasteiger partial charge in [0.2, 0.25) is 0 Å². The molecule has 0 unspecified atom stereocenters. The first-order chi connectivity index (χ1) is 5.11. The van der Waals surface area contributed by atoms with E-state index in [1.165, 1.54) is 12.1 Å². The van der Waals surface area contributed by atoms with Crippen LogP contribution in [0.2, 0.25) is 0 Å². The van der Waals surface area contributed by atoms with Crippen molar-refractivity contribution in [3.05, 3.63) is 28.3 Å². The SMILES string of the molecule is Nc1ccc(S)cc1[N+](=O)[O-].[NaH]. The fraction of sp³-hybridized carbons (Fsp3) is 0. The third-order valence-corrected chi connectivity index (χ3v) is 1.49. The zero-order chi connectivity index (χ0) is 8.43. The monoisotopic (exact) mass is 194 g/mol. The van der Waals surface area contributed by atoms with Gasteiger partial charge in [-0.05, 0) is 12.1 Å². The van der Waals surface area contributed by atoms with E-state index in [4.69, 9.17) is 5.73 Å². The maximum atomic E-state index is 10.3. The molecule has 1 rings (SSSR count).